The number of carbonyl (C=O) groups excluding carboxylic acids is 3. The maximum atomic E-state index is 12.8. The second kappa shape index (κ2) is 6.86. The number of methoxy groups -OCH3 is 1. The van der Waals surface area contributed by atoms with Crippen LogP contribution in [-0.2, 0) is 25.3 Å². The van der Waals surface area contributed by atoms with Gasteiger partial charge in [0, 0.05) is 13.0 Å². The highest BCUT2D eigenvalue weighted by molar-refractivity contribution is 6.07. The summed E-state index contributed by atoms with van der Waals surface area (Å²) in [6.07, 6.45) is 0.551. The SMILES string of the molecule is COC(=O)CCCN1C(=O)NC(C)(c2ccc(C(C)(C)C)cc2)C1=O. The molecule has 0 radical (unpaired) electrons. The first-order valence-corrected chi connectivity index (χ1v) is 8.41. The van der Waals surface area contributed by atoms with E-state index in [2.05, 4.69) is 30.8 Å². The number of rotatable bonds is 5. The van der Waals surface area contributed by atoms with Crippen LogP contribution >= 0.6 is 0 Å². The van der Waals surface area contributed by atoms with Crippen LogP contribution in [0.1, 0.15) is 51.7 Å². The smallest absolute Gasteiger partial charge is 0.325 e. The number of benzene rings is 1. The molecule has 2 rings (SSSR count). The highest BCUT2D eigenvalue weighted by atomic mass is 16.5. The normalized spacial score (nSPS) is 20.6. The first-order chi connectivity index (χ1) is 11.6. The number of amides is 3. The van der Waals surface area contributed by atoms with Gasteiger partial charge >= 0.3 is 12.0 Å². The Balaban J connectivity index is 2.14. The number of hydrogen-bond acceptors (Lipinski definition) is 4. The van der Waals surface area contributed by atoms with Crippen LogP contribution in [0.2, 0.25) is 0 Å². The maximum Gasteiger partial charge on any atom is 0.325 e. The zero-order valence-corrected chi connectivity index (χ0v) is 15.5. The van der Waals surface area contributed by atoms with Crippen LogP contribution in [0.25, 0.3) is 0 Å². The molecule has 1 aromatic carbocycles. The molecule has 1 saturated heterocycles. The van der Waals surface area contributed by atoms with E-state index in [-0.39, 0.29) is 30.3 Å². The van der Waals surface area contributed by atoms with Crippen molar-refractivity contribution in [2.75, 3.05) is 13.7 Å². The number of ether oxygens (including phenoxy) is 1. The van der Waals surface area contributed by atoms with E-state index in [1.165, 1.54) is 12.0 Å². The molecule has 6 nitrogen and oxygen atoms in total. The zero-order valence-electron chi connectivity index (χ0n) is 15.5. The molecule has 0 spiro atoms. The minimum atomic E-state index is -1.08. The summed E-state index contributed by atoms with van der Waals surface area (Å²) in [7, 11) is 1.31. The van der Waals surface area contributed by atoms with E-state index < -0.39 is 11.6 Å². The van der Waals surface area contributed by atoms with Crippen molar-refractivity contribution in [1.82, 2.24) is 10.2 Å². The Labute approximate surface area is 148 Å². The highest BCUT2D eigenvalue weighted by Gasteiger charge is 2.48. The minimum Gasteiger partial charge on any atom is -0.469 e. The molecular weight excluding hydrogens is 320 g/mol. The van der Waals surface area contributed by atoms with Gasteiger partial charge in [-0.05, 0) is 29.9 Å². The van der Waals surface area contributed by atoms with Crippen LogP contribution in [-0.4, -0.2) is 36.5 Å². The van der Waals surface area contributed by atoms with Gasteiger partial charge in [-0.2, -0.15) is 0 Å². The Morgan fingerprint density at radius 1 is 1.20 bits per heavy atom. The van der Waals surface area contributed by atoms with Gasteiger partial charge in [0.15, 0.2) is 0 Å². The summed E-state index contributed by atoms with van der Waals surface area (Å²) < 4.78 is 4.57. The van der Waals surface area contributed by atoms with Crippen LogP contribution in [0.4, 0.5) is 4.79 Å². The van der Waals surface area contributed by atoms with Crippen molar-refractivity contribution < 1.29 is 19.1 Å². The van der Waals surface area contributed by atoms with Crippen LogP contribution in [0.15, 0.2) is 24.3 Å². The molecule has 136 valence electrons. The van der Waals surface area contributed by atoms with Gasteiger partial charge in [0.2, 0.25) is 0 Å². The fourth-order valence-electron chi connectivity index (χ4n) is 2.88. The van der Waals surface area contributed by atoms with Crippen molar-refractivity contribution in [3.8, 4) is 0 Å². The Kier molecular flexibility index (Phi) is 5.20. The van der Waals surface area contributed by atoms with Gasteiger partial charge in [-0.15, -0.1) is 0 Å². The molecule has 25 heavy (non-hydrogen) atoms. The summed E-state index contributed by atoms with van der Waals surface area (Å²) >= 11 is 0. The molecule has 1 fully saturated rings. The van der Waals surface area contributed by atoms with E-state index >= 15 is 0 Å². The molecule has 0 aromatic heterocycles. The van der Waals surface area contributed by atoms with Gasteiger partial charge in [-0.1, -0.05) is 45.0 Å². The average Bonchev–Trinajstić information content (AvgIpc) is 2.78. The topological polar surface area (TPSA) is 75.7 Å². The van der Waals surface area contributed by atoms with Gasteiger partial charge in [0.05, 0.1) is 7.11 Å². The lowest BCUT2D eigenvalue weighted by molar-refractivity contribution is -0.141. The monoisotopic (exact) mass is 346 g/mol. The van der Waals surface area contributed by atoms with E-state index in [9.17, 15) is 14.4 Å². The lowest BCUT2D eigenvalue weighted by Crippen LogP contribution is -2.41. The molecular formula is C19H26N2O4. The lowest BCUT2D eigenvalue weighted by Gasteiger charge is -2.24. The second-order valence-corrected chi connectivity index (χ2v) is 7.52. The molecule has 0 aliphatic carbocycles. The standard InChI is InChI=1S/C19H26N2O4/c1-18(2,3)13-8-10-14(11-9-13)19(4)16(23)21(17(24)20-19)12-6-7-15(22)25-5/h8-11H,6-7,12H2,1-5H3,(H,20,24). The van der Waals surface area contributed by atoms with E-state index in [1.54, 1.807) is 6.92 Å². The van der Waals surface area contributed by atoms with E-state index in [1.807, 2.05) is 24.3 Å². The molecule has 1 aliphatic rings. The van der Waals surface area contributed by atoms with E-state index in [4.69, 9.17) is 0 Å². The first kappa shape index (κ1) is 19.0. The van der Waals surface area contributed by atoms with Crippen LogP contribution in [0.5, 0.6) is 0 Å². The third kappa shape index (κ3) is 3.83. The van der Waals surface area contributed by atoms with Gasteiger partial charge < -0.3 is 10.1 Å². The van der Waals surface area contributed by atoms with Crippen LogP contribution in [0, 0.1) is 0 Å². The van der Waals surface area contributed by atoms with Crippen molar-refractivity contribution >= 4 is 17.9 Å². The third-order valence-corrected chi connectivity index (χ3v) is 4.59. The van der Waals surface area contributed by atoms with Crippen molar-refractivity contribution in [3.05, 3.63) is 35.4 Å². The summed E-state index contributed by atoms with van der Waals surface area (Å²) in [5.74, 6) is -0.654. The maximum absolute atomic E-state index is 12.8. The molecule has 1 aliphatic heterocycles. The van der Waals surface area contributed by atoms with Crippen LogP contribution < -0.4 is 5.32 Å². The second-order valence-electron chi connectivity index (χ2n) is 7.52. The first-order valence-electron chi connectivity index (χ1n) is 8.41. The number of hydrogen-bond donors (Lipinski definition) is 1. The summed E-state index contributed by atoms with van der Waals surface area (Å²) in [5.41, 5.74) is 0.835. The molecule has 6 heteroatoms. The molecule has 3 amide bonds. The fraction of sp³-hybridized carbons (Fsp3) is 0.526. The zero-order chi connectivity index (χ0) is 18.8. The molecule has 1 N–H and O–H groups in total. The van der Waals surface area contributed by atoms with E-state index in [0.717, 1.165) is 11.1 Å². The van der Waals surface area contributed by atoms with Gasteiger partial charge in [-0.3, -0.25) is 14.5 Å². The largest absolute Gasteiger partial charge is 0.469 e. The predicted molar refractivity (Wildman–Crippen MR) is 94.0 cm³/mol. The van der Waals surface area contributed by atoms with Crippen molar-refractivity contribution in [3.63, 3.8) is 0 Å². The number of imide groups is 1. The molecule has 1 unspecified atom stereocenters. The highest BCUT2D eigenvalue weighted by Crippen LogP contribution is 2.31. The number of carbonyl (C=O) groups is 3. The number of nitrogens with zero attached hydrogens (tertiary/aromatic N) is 1. The number of esters is 1. The average molecular weight is 346 g/mol. The number of urea groups is 1. The molecule has 1 heterocycles. The number of nitrogens with one attached hydrogen (secondary N) is 1. The van der Waals surface area contributed by atoms with Crippen molar-refractivity contribution in [2.45, 2.75) is 51.5 Å². The fourth-order valence-corrected chi connectivity index (χ4v) is 2.88. The Hall–Kier alpha value is -2.37. The Bertz CT molecular complexity index is 676. The summed E-state index contributed by atoms with van der Waals surface area (Å²) in [6, 6.07) is 7.31. The van der Waals surface area contributed by atoms with E-state index in [0.29, 0.717) is 6.42 Å². The molecule has 1 atom stereocenters. The minimum absolute atomic E-state index is 0.0162. The lowest BCUT2D eigenvalue weighted by atomic mass is 9.84. The van der Waals surface area contributed by atoms with Gasteiger partial charge in [-0.25, -0.2) is 4.79 Å². The predicted octanol–water partition coefficient (Wildman–Crippen LogP) is 2.70. The quantitative estimate of drug-likeness (QED) is 0.657. The summed E-state index contributed by atoms with van der Waals surface area (Å²) in [6.45, 7) is 8.26. The third-order valence-electron chi connectivity index (χ3n) is 4.59. The Morgan fingerprint density at radius 2 is 1.80 bits per heavy atom. The Morgan fingerprint density at radius 3 is 2.32 bits per heavy atom. The van der Waals surface area contributed by atoms with Crippen molar-refractivity contribution in [1.29, 1.82) is 0 Å². The molecule has 1 aromatic rings. The molecule has 0 bridgehead atoms. The summed E-state index contributed by atoms with van der Waals surface area (Å²) in [4.78, 5) is 37.4. The summed E-state index contributed by atoms with van der Waals surface area (Å²) in [5, 5.41) is 2.78. The van der Waals surface area contributed by atoms with Gasteiger partial charge in [0.1, 0.15) is 5.54 Å². The molecule has 0 saturated carbocycles. The van der Waals surface area contributed by atoms with Gasteiger partial charge in [0.25, 0.3) is 5.91 Å². The van der Waals surface area contributed by atoms with Crippen molar-refractivity contribution in [2.24, 2.45) is 0 Å². The van der Waals surface area contributed by atoms with Crippen LogP contribution in [0.3, 0.4) is 0 Å².